The normalized spacial score (nSPS) is 17.6. The molecule has 3 heterocycles. The molecule has 2 aromatic heterocycles. The van der Waals surface area contributed by atoms with Gasteiger partial charge >= 0.3 is 0 Å². The van der Waals surface area contributed by atoms with Crippen LogP contribution < -0.4 is 16.0 Å². The van der Waals surface area contributed by atoms with Crippen LogP contribution >= 0.6 is 34.4 Å². The highest BCUT2D eigenvalue weighted by Crippen LogP contribution is 2.44. The van der Waals surface area contributed by atoms with Crippen LogP contribution in [0.15, 0.2) is 63.4 Å². The molecule has 1 atom stereocenters. The summed E-state index contributed by atoms with van der Waals surface area (Å²) in [6.45, 7) is 1.81. The number of amides is 1. The number of benzene rings is 1. The zero-order valence-corrected chi connectivity index (χ0v) is 22.7. The minimum Gasteiger partial charge on any atom is -0.384 e. The molecule has 192 valence electrons. The van der Waals surface area contributed by atoms with Crippen LogP contribution in [0.3, 0.4) is 0 Å². The summed E-state index contributed by atoms with van der Waals surface area (Å²) in [6.07, 6.45) is 5.51. The van der Waals surface area contributed by atoms with Crippen molar-refractivity contribution in [2.75, 3.05) is 16.0 Å². The van der Waals surface area contributed by atoms with E-state index >= 15 is 0 Å². The largest absolute Gasteiger partial charge is 0.384 e. The molecule has 0 saturated heterocycles. The molecule has 0 saturated carbocycles. The number of allylic oxidation sites excluding steroid dienone is 4. The van der Waals surface area contributed by atoms with Gasteiger partial charge in [0.2, 0.25) is 16.2 Å². The van der Waals surface area contributed by atoms with Crippen molar-refractivity contribution < 1.29 is 9.59 Å². The zero-order valence-electron chi connectivity index (χ0n) is 20.2. The number of nitrogens with zero attached hydrogens (tertiary/aromatic N) is 6. The molecule has 0 fully saturated rings. The van der Waals surface area contributed by atoms with Gasteiger partial charge in [-0.3, -0.25) is 19.8 Å². The second kappa shape index (κ2) is 11.3. The number of nitrogens with one attached hydrogen (secondary N) is 1. The molecule has 1 aliphatic heterocycles. The predicted molar refractivity (Wildman–Crippen MR) is 148 cm³/mol. The Balaban J connectivity index is 1.40. The number of carbonyl (C=O) groups is 2. The van der Waals surface area contributed by atoms with Crippen LogP contribution in [-0.2, 0) is 9.59 Å². The first-order valence-electron chi connectivity index (χ1n) is 11.7. The summed E-state index contributed by atoms with van der Waals surface area (Å²) in [5.74, 6) is -0.416. The number of aromatic nitrogens is 4. The van der Waals surface area contributed by atoms with Gasteiger partial charge < -0.3 is 5.73 Å². The highest BCUT2D eigenvalue weighted by Gasteiger charge is 2.39. The first-order chi connectivity index (χ1) is 18.4. The van der Waals surface area contributed by atoms with Crippen molar-refractivity contribution in [2.24, 2.45) is 11.7 Å². The number of thioether (sulfide) groups is 1. The maximum atomic E-state index is 13.1. The van der Waals surface area contributed by atoms with Gasteiger partial charge in [0.15, 0.2) is 10.1 Å². The molecule has 1 amide bonds. The van der Waals surface area contributed by atoms with Crippen molar-refractivity contribution >= 4 is 62.5 Å². The first kappa shape index (κ1) is 25.8. The summed E-state index contributed by atoms with van der Waals surface area (Å²) in [5, 5.41) is 30.7. The summed E-state index contributed by atoms with van der Waals surface area (Å²) in [5.41, 5.74) is 9.14. The lowest BCUT2D eigenvalue weighted by molar-refractivity contribution is -0.116. The van der Waals surface area contributed by atoms with Gasteiger partial charge in [0.05, 0.1) is 17.4 Å². The Morgan fingerprint density at radius 1 is 1.24 bits per heavy atom. The van der Waals surface area contributed by atoms with Gasteiger partial charge in [-0.2, -0.15) is 5.26 Å². The van der Waals surface area contributed by atoms with E-state index in [1.165, 1.54) is 34.4 Å². The van der Waals surface area contributed by atoms with Crippen molar-refractivity contribution in [3.63, 3.8) is 0 Å². The van der Waals surface area contributed by atoms with Crippen molar-refractivity contribution in [1.82, 2.24) is 20.4 Å². The highest BCUT2D eigenvalue weighted by molar-refractivity contribution is 8.01. The number of carbonyl (C=O) groups excluding carboxylic acids is 2. The number of nitrogens with two attached hydrogens (primary N) is 1. The number of aryl methyl sites for hydroxylation is 1. The standard InChI is InChI=1S/C25H22N8O2S3/c1-14-29-30-23(37-14)28-20(35)13-36-25-32-31-24(38-25)33-18-8-5-9-19(34)21(18)16(17(12-26)22(33)27)11-10-15-6-3-2-4-7-15/h2-4,6-7,10-11,16H,5,8-9,13,27H2,1H3,(H,28,30,35)/b11-10+. The van der Waals surface area contributed by atoms with E-state index < -0.39 is 5.92 Å². The number of rotatable bonds is 7. The van der Waals surface area contributed by atoms with Crippen molar-refractivity contribution in [2.45, 2.75) is 30.5 Å². The third-order valence-corrected chi connectivity index (χ3v) is 8.72. The number of hydrogen-bond donors (Lipinski definition) is 2. The molecule has 0 bridgehead atoms. The molecule has 2 aliphatic rings. The van der Waals surface area contributed by atoms with Gasteiger partial charge in [0.1, 0.15) is 10.8 Å². The molecule has 0 spiro atoms. The fourth-order valence-electron chi connectivity index (χ4n) is 4.29. The first-order valence-corrected chi connectivity index (χ1v) is 14.3. The average Bonchev–Trinajstić information content (AvgIpc) is 3.55. The Hall–Kier alpha value is -3.86. The molecule has 5 rings (SSSR count). The maximum Gasteiger partial charge on any atom is 0.236 e. The molecular weight excluding hydrogens is 541 g/mol. The summed E-state index contributed by atoms with van der Waals surface area (Å²) in [6, 6.07) is 11.9. The number of nitriles is 1. The van der Waals surface area contributed by atoms with Crippen LogP contribution in [0, 0.1) is 24.2 Å². The quantitative estimate of drug-likeness (QED) is 0.399. The molecular formula is C25H22N8O2S3. The van der Waals surface area contributed by atoms with Gasteiger partial charge in [0, 0.05) is 23.6 Å². The maximum absolute atomic E-state index is 13.1. The SMILES string of the molecule is Cc1nnc(NC(=O)CSc2nnc(N3C(N)=C(C#N)C(/C=C/c4ccccc4)C4=C3CCCC4=O)s2)s1. The lowest BCUT2D eigenvalue weighted by Gasteiger charge is -2.37. The van der Waals surface area contributed by atoms with E-state index in [1.807, 2.05) is 49.4 Å². The lowest BCUT2D eigenvalue weighted by atomic mass is 9.79. The third kappa shape index (κ3) is 5.38. The topological polar surface area (TPSA) is 151 Å². The number of anilines is 2. The molecule has 1 aromatic carbocycles. The molecule has 3 N–H and O–H groups in total. The van der Waals surface area contributed by atoms with Gasteiger partial charge in [0.25, 0.3) is 0 Å². The summed E-state index contributed by atoms with van der Waals surface area (Å²) < 4.78 is 0.560. The Labute approximate surface area is 231 Å². The number of Topliss-reactive ketones (excluding diaryl/α,β-unsaturated/α-hetero) is 1. The van der Waals surface area contributed by atoms with Gasteiger partial charge in [-0.25, -0.2) is 0 Å². The molecule has 3 aromatic rings. The van der Waals surface area contributed by atoms with E-state index in [1.54, 1.807) is 4.90 Å². The van der Waals surface area contributed by atoms with Crippen LogP contribution in [0.1, 0.15) is 29.8 Å². The molecule has 1 aliphatic carbocycles. The van der Waals surface area contributed by atoms with Crippen LogP contribution in [0.5, 0.6) is 0 Å². The second-order valence-corrected chi connectivity index (χ2v) is 11.8. The Kier molecular flexibility index (Phi) is 7.64. The van der Waals surface area contributed by atoms with E-state index in [-0.39, 0.29) is 23.3 Å². The van der Waals surface area contributed by atoms with E-state index in [0.717, 1.165) is 16.3 Å². The van der Waals surface area contributed by atoms with Crippen molar-refractivity contribution in [3.8, 4) is 6.07 Å². The average molecular weight is 563 g/mol. The number of ketones is 1. The molecule has 0 radical (unpaired) electrons. The monoisotopic (exact) mass is 562 g/mol. The molecule has 1 unspecified atom stereocenters. The van der Waals surface area contributed by atoms with Gasteiger partial charge in [-0.1, -0.05) is 76.9 Å². The minimum absolute atomic E-state index is 0.00177. The van der Waals surface area contributed by atoms with E-state index in [2.05, 4.69) is 31.8 Å². The second-order valence-electron chi connectivity index (χ2n) is 8.44. The van der Waals surface area contributed by atoms with Crippen LogP contribution in [0.2, 0.25) is 0 Å². The van der Waals surface area contributed by atoms with E-state index in [4.69, 9.17) is 5.73 Å². The summed E-state index contributed by atoms with van der Waals surface area (Å²) >= 11 is 3.78. The van der Waals surface area contributed by atoms with Crippen molar-refractivity contribution in [3.05, 3.63) is 69.6 Å². The zero-order chi connectivity index (χ0) is 26.6. The fraction of sp³-hybridized carbons (Fsp3) is 0.240. The smallest absolute Gasteiger partial charge is 0.236 e. The van der Waals surface area contributed by atoms with E-state index in [9.17, 15) is 14.9 Å². The Morgan fingerprint density at radius 3 is 2.79 bits per heavy atom. The highest BCUT2D eigenvalue weighted by atomic mass is 32.2. The summed E-state index contributed by atoms with van der Waals surface area (Å²) in [4.78, 5) is 27.1. The van der Waals surface area contributed by atoms with Crippen molar-refractivity contribution in [1.29, 1.82) is 5.26 Å². The minimum atomic E-state index is -0.534. The van der Waals surface area contributed by atoms with Crippen LogP contribution in [0.4, 0.5) is 10.3 Å². The van der Waals surface area contributed by atoms with Gasteiger partial charge in [-0.15, -0.1) is 20.4 Å². The lowest BCUT2D eigenvalue weighted by Crippen LogP contribution is -2.39. The van der Waals surface area contributed by atoms with Crippen LogP contribution in [-0.4, -0.2) is 37.8 Å². The Bertz CT molecular complexity index is 1520. The predicted octanol–water partition coefficient (Wildman–Crippen LogP) is 4.28. The number of hydrogen-bond acceptors (Lipinski definition) is 12. The van der Waals surface area contributed by atoms with E-state index in [0.29, 0.717) is 45.0 Å². The Morgan fingerprint density at radius 2 is 2.05 bits per heavy atom. The third-order valence-electron chi connectivity index (χ3n) is 5.92. The fourth-order valence-corrected chi connectivity index (χ4v) is 6.58. The van der Waals surface area contributed by atoms with Crippen LogP contribution in [0.25, 0.3) is 6.08 Å². The summed E-state index contributed by atoms with van der Waals surface area (Å²) in [7, 11) is 0. The van der Waals surface area contributed by atoms with Gasteiger partial charge in [-0.05, 0) is 25.3 Å². The molecule has 13 heteroatoms. The molecule has 38 heavy (non-hydrogen) atoms. The molecule has 10 nitrogen and oxygen atoms in total.